The molecule has 0 aliphatic heterocycles. The Morgan fingerprint density at radius 1 is 1.50 bits per heavy atom. The largest absolute Gasteiger partial charge is 0.483 e. The van der Waals surface area contributed by atoms with Gasteiger partial charge in [0.2, 0.25) is 0 Å². The molecule has 0 saturated carbocycles. The number of nitrogens with zero attached hydrogens (tertiary/aromatic N) is 2. The van der Waals surface area contributed by atoms with Crippen LogP contribution in [0.25, 0.3) is 5.69 Å². The fraction of sp³-hybridized carbons (Fsp3) is 0.0909. The van der Waals surface area contributed by atoms with Gasteiger partial charge in [-0.2, -0.15) is 5.10 Å². The molecule has 0 unspecified atom stereocenters. The molecule has 1 heterocycles. The lowest BCUT2D eigenvalue weighted by molar-refractivity contribution is -0.109. The van der Waals surface area contributed by atoms with Gasteiger partial charge in [-0.25, -0.2) is 4.68 Å². The van der Waals surface area contributed by atoms with Gasteiger partial charge in [0.15, 0.2) is 12.0 Å². The van der Waals surface area contributed by atoms with Crippen LogP contribution in [0.2, 0.25) is 0 Å². The Bertz CT molecular complexity index is 496. The molecule has 1 aromatic carbocycles. The van der Waals surface area contributed by atoms with Gasteiger partial charge in [-0.15, -0.1) is 0 Å². The predicted octanol–water partition coefficient (Wildman–Crippen LogP) is 2.21. The van der Waals surface area contributed by atoms with Gasteiger partial charge in [-0.05, 0) is 18.2 Å². The molecule has 0 saturated heterocycles. The summed E-state index contributed by atoms with van der Waals surface area (Å²) in [6.45, 7) is 0.0458. The summed E-state index contributed by atoms with van der Waals surface area (Å²) in [5.41, 5.74) is 0.926. The predicted molar refractivity (Wildman–Crippen MR) is 62.8 cm³/mol. The Balaban J connectivity index is 2.21. The summed E-state index contributed by atoms with van der Waals surface area (Å²) in [6, 6.07) is 7.74. The molecule has 0 bridgehead atoms. The molecule has 0 N–H and O–H groups in total. The summed E-state index contributed by atoms with van der Waals surface area (Å²) < 4.78 is 7.79. The van der Waals surface area contributed by atoms with Crippen molar-refractivity contribution >= 4 is 22.2 Å². The second-order valence-corrected chi connectivity index (χ2v) is 3.99. The minimum atomic E-state index is 0.0458. The fourth-order valence-electron chi connectivity index (χ4n) is 1.27. The molecular formula is C11H9BrN2O2. The molecule has 0 fully saturated rings. The van der Waals surface area contributed by atoms with Crippen LogP contribution in [0, 0.1) is 0 Å². The lowest BCUT2D eigenvalue weighted by Crippen LogP contribution is -1.96. The Labute approximate surface area is 101 Å². The summed E-state index contributed by atoms with van der Waals surface area (Å²) in [6.07, 6.45) is 4.01. The lowest BCUT2D eigenvalue weighted by atomic mass is 10.3. The Kier molecular flexibility index (Phi) is 3.36. The smallest absolute Gasteiger partial charge is 0.158 e. The summed E-state index contributed by atoms with van der Waals surface area (Å²) >= 11 is 3.39. The summed E-state index contributed by atoms with van der Waals surface area (Å²) in [5, 5.41) is 4.14. The van der Waals surface area contributed by atoms with Gasteiger partial charge < -0.3 is 4.74 Å². The van der Waals surface area contributed by atoms with Crippen LogP contribution in [0.5, 0.6) is 5.75 Å². The molecule has 5 heteroatoms. The number of hydrogen-bond donors (Lipinski definition) is 0. The van der Waals surface area contributed by atoms with Crippen molar-refractivity contribution in [2.24, 2.45) is 0 Å². The van der Waals surface area contributed by atoms with E-state index >= 15 is 0 Å². The summed E-state index contributed by atoms with van der Waals surface area (Å²) in [7, 11) is 0. The number of rotatable bonds is 4. The van der Waals surface area contributed by atoms with Crippen LogP contribution >= 0.6 is 15.9 Å². The maximum atomic E-state index is 10.1. The molecule has 82 valence electrons. The Morgan fingerprint density at radius 2 is 2.38 bits per heavy atom. The number of aromatic nitrogens is 2. The normalized spacial score (nSPS) is 10.1. The van der Waals surface area contributed by atoms with Crippen LogP contribution < -0.4 is 4.74 Å². The zero-order valence-electron chi connectivity index (χ0n) is 8.34. The van der Waals surface area contributed by atoms with E-state index in [0.29, 0.717) is 12.0 Å². The lowest BCUT2D eigenvalue weighted by Gasteiger charge is -2.00. The SMILES string of the molecule is O=CCOc1cnn(-c2cccc(Br)c2)c1. The molecule has 2 aromatic rings. The standard InChI is InChI=1S/C11H9BrN2O2/c12-9-2-1-3-10(6-9)14-8-11(7-13-14)16-5-4-15/h1-4,6-8H,5H2. The van der Waals surface area contributed by atoms with E-state index in [1.807, 2.05) is 24.3 Å². The minimum absolute atomic E-state index is 0.0458. The van der Waals surface area contributed by atoms with Crippen molar-refractivity contribution < 1.29 is 9.53 Å². The highest BCUT2D eigenvalue weighted by Gasteiger charge is 2.01. The van der Waals surface area contributed by atoms with E-state index < -0.39 is 0 Å². The van der Waals surface area contributed by atoms with Crippen LogP contribution in [0.4, 0.5) is 0 Å². The highest BCUT2D eigenvalue weighted by Crippen LogP contribution is 2.17. The molecule has 16 heavy (non-hydrogen) atoms. The Morgan fingerprint density at radius 3 is 3.12 bits per heavy atom. The van der Waals surface area contributed by atoms with Crippen molar-refractivity contribution in [1.29, 1.82) is 0 Å². The first kappa shape index (κ1) is 10.9. The molecule has 2 rings (SSSR count). The van der Waals surface area contributed by atoms with Gasteiger partial charge in [-0.1, -0.05) is 22.0 Å². The molecule has 0 aliphatic carbocycles. The van der Waals surface area contributed by atoms with Crippen LogP contribution in [0.1, 0.15) is 0 Å². The number of carbonyl (C=O) groups is 1. The molecule has 0 atom stereocenters. The molecule has 0 radical (unpaired) electrons. The number of ether oxygens (including phenoxy) is 1. The van der Waals surface area contributed by atoms with Crippen molar-refractivity contribution in [3.63, 3.8) is 0 Å². The van der Waals surface area contributed by atoms with E-state index in [9.17, 15) is 4.79 Å². The first-order valence-electron chi connectivity index (χ1n) is 4.66. The third-order valence-corrected chi connectivity index (χ3v) is 2.44. The van der Waals surface area contributed by atoms with E-state index in [-0.39, 0.29) is 6.61 Å². The molecule has 0 aliphatic rings. The molecule has 4 nitrogen and oxygen atoms in total. The van der Waals surface area contributed by atoms with Crippen molar-refractivity contribution in [3.8, 4) is 11.4 Å². The maximum absolute atomic E-state index is 10.1. The average Bonchev–Trinajstić information content (AvgIpc) is 2.75. The van der Waals surface area contributed by atoms with Gasteiger partial charge in [0, 0.05) is 4.47 Å². The number of hydrogen-bond acceptors (Lipinski definition) is 3. The van der Waals surface area contributed by atoms with Gasteiger partial charge in [0.05, 0.1) is 18.1 Å². The number of carbonyl (C=O) groups excluding carboxylic acids is 1. The highest BCUT2D eigenvalue weighted by atomic mass is 79.9. The summed E-state index contributed by atoms with van der Waals surface area (Å²) in [5.74, 6) is 0.576. The number of halogens is 1. The van der Waals surface area contributed by atoms with Gasteiger partial charge in [0.25, 0.3) is 0 Å². The van der Waals surface area contributed by atoms with Crippen LogP contribution in [0.15, 0.2) is 41.1 Å². The van der Waals surface area contributed by atoms with Crippen molar-refractivity contribution in [3.05, 3.63) is 41.1 Å². The molecular weight excluding hydrogens is 272 g/mol. The fourth-order valence-corrected chi connectivity index (χ4v) is 1.66. The van der Waals surface area contributed by atoms with Crippen molar-refractivity contribution in [1.82, 2.24) is 9.78 Å². The second-order valence-electron chi connectivity index (χ2n) is 3.08. The molecule has 0 spiro atoms. The van der Waals surface area contributed by atoms with E-state index in [4.69, 9.17) is 4.74 Å². The van der Waals surface area contributed by atoms with E-state index in [0.717, 1.165) is 10.2 Å². The van der Waals surface area contributed by atoms with E-state index in [1.165, 1.54) is 0 Å². The topological polar surface area (TPSA) is 44.1 Å². The first-order chi connectivity index (χ1) is 7.79. The van der Waals surface area contributed by atoms with Crippen LogP contribution in [-0.4, -0.2) is 22.7 Å². The first-order valence-corrected chi connectivity index (χ1v) is 5.46. The van der Waals surface area contributed by atoms with Crippen LogP contribution in [-0.2, 0) is 4.79 Å². The molecule has 1 aromatic heterocycles. The quantitative estimate of drug-likeness (QED) is 0.807. The van der Waals surface area contributed by atoms with E-state index in [1.54, 1.807) is 17.1 Å². The maximum Gasteiger partial charge on any atom is 0.158 e. The van der Waals surface area contributed by atoms with Crippen LogP contribution in [0.3, 0.4) is 0 Å². The third kappa shape index (κ3) is 2.49. The summed E-state index contributed by atoms with van der Waals surface area (Å²) in [4.78, 5) is 10.1. The van der Waals surface area contributed by atoms with E-state index in [2.05, 4.69) is 21.0 Å². The van der Waals surface area contributed by atoms with Gasteiger partial charge >= 0.3 is 0 Å². The minimum Gasteiger partial charge on any atom is -0.483 e. The zero-order chi connectivity index (χ0) is 11.4. The second kappa shape index (κ2) is 4.94. The van der Waals surface area contributed by atoms with Crippen molar-refractivity contribution in [2.75, 3.05) is 6.61 Å². The van der Waals surface area contributed by atoms with Gasteiger partial charge in [-0.3, -0.25) is 4.79 Å². The highest BCUT2D eigenvalue weighted by molar-refractivity contribution is 9.10. The van der Waals surface area contributed by atoms with Gasteiger partial charge in [0.1, 0.15) is 6.61 Å². The monoisotopic (exact) mass is 280 g/mol. The molecule has 0 amide bonds. The zero-order valence-corrected chi connectivity index (χ0v) is 9.92. The van der Waals surface area contributed by atoms with Crippen molar-refractivity contribution in [2.45, 2.75) is 0 Å². The number of benzene rings is 1. The Hall–Kier alpha value is -1.62. The third-order valence-electron chi connectivity index (χ3n) is 1.95. The number of aldehydes is 1. The average molecular weight is 281 g/mol.